The van der Waals surface area contributed by atoms with E-state index in [-0.39, 0.29) is 5.02 Å². The standard InChI is InChI=1S/C15H16ClFN2O/c1-9-6-7-13(20-2)11(8-9)15(19-18)10-4-3-5-12(16)14(10)17/h3-8,15,19H,18H2,1-2H3. The van der Waals surface area contributed by atoms with Crippen LogP contribution >= 0.6 is 11.6 Å². The summed E-state index contributed by atoms with van der Waals surface area (Å²) in [4.78, 5) is 0. The summed E-state index contributed by atoms with van der Waals surface area (Å²) in [7, 11) is 1.57. The smallest absolute Gasteiger partial charge is 0.146 e. The minimum atomic E-state index is -0.538. The normalized spacial score (nSPS) is 12.2. The van der Waals surface area contributed by atoms with Crippen molar-refractivity contribution in [2.45, 2.75) is 13.0 Å². The molecule has 2 aromatic carbocycles. The van der Waals surface area contributed by atoms with E-state index < -0.39 is 11.9 Å². The second-order valence-electron chi connectivity index (χ2n) is 4.49. The topological polar surface area (TPSA) is 47.3 Å². The van der Waals surface area contributed by atoms with Crippen LogP contribution in [0.4, 0.5) is 4.39 Å². The number of methoxy groups -OCH3 is 1. The molecule has 0 saturated heterocycles. The largest absolute Gasteiger partial charge is 0.496 e. The first-order valence-corrected chi connectivity index (χ1v) is 6.51. The van der Waals surface area contributed by atoms with Crippen molar-refractivity contribution in [3.63, 3.8) is 0 Å². The molecule has 106 valence electrons. The Morgan fingerprint density at radius 1 is 1.25 bits per heavy atom. The number of rotatable bonds is 4. The van der Waals surface area contributed by atoms with Gasteiger partial charge in [0.25, 0.3) is 0 Å². The molecule has 2 rings (SSSR count). The first-order valence-electron chi connectivity index (χ1n) is 6.13. The zero-order valence-electron chi connectivity index (χ0n) is 11.3. The van der Waals surface area contributed by atoms with Gasteiger partial charge in [-0.1, -0.05) is 41.4 Å². The van der Waals surface area contributed by atoms with Gasteiger partial charge in [-0.3, -0.25) is 5.84 Å². The zero-order chi connectivity index (χ0) is 14.7. The van der Waals surface area contributed by atoms with Gasteiger partial charge in [-0.25, -0.2) is 9.82 Å². The zero-order valence-corrected chi connectivity index (χ0v) is 12.0. The van der Waals surface area contributed by atoms with Crippen molar-refractivity contribution >= 4 is 11.6 Å². The van der Waals surface area contributed by atoms with E-state index in [0.29, 0.717) is 11.3 Å². The van der Waals surface area contributed by atoms with Crippen molar-refractivity contribution in [3.8, 4) is 5.75 Å². The van der Waals surface area contributed by atoms with Gasteiger partial charge in [0, 0.05) is 11.1 Å². The molecule has 0 aliphatic rings. The molecule has 3 N–H and O–H groups in total. The molecule has 3 nitrogen and oxygen atoms in total. The summed E-state index contributed by atoms with van der Waals surface area (Å²) in [5.41, 5.74) is 4.80. The van der Waals surface area contributed by atoms with E-state index in [0.717, 1.165) is 11.1 Å². The average molecular weight is 295 g/mol. The highest BCUT2D eigenvalue weighted by Crippen LogP contribution is 2.33. The Bertz CT molecular complexity index is 619. The van der Waals surface area contributed by atoms with E-state index in [1.807, 2.05) is 25.1 Å². The predicted molar refractivity (Wildman–Crippen MR) is 78.3 cm³/mol. The van der Waals surface area contributed by atoms with Crippen LogP contribution in [0.5, 0.6) is 5.75 Å². The van der Waals surface area contributed by atoms with Gasteiger partial charge in [-0.05, 0) is 19.1 Å². The number of nitrogens with two attached hydrogens (primary N) is 1. The van der Waals surface area contributed by atoms with Crippen molar-refractivity contribution in [1.29, 1.82) is 0 Å². The van der Waals surface area contributed by atoms with Crippen LogP contribution in [0.3, 0.4) is 0 Å². The molecule has 0 aliphatic carbocycles. The maximum absolute atomic E-state index is 14.2. The van der Waals surface area contributed by atoms with Gasteiger partial charge in [-0.2, -0.15) is 0 Å². The van der Waals surface area contributed by atoms with Gasteiger partial charge in [0.2, 0.25) is 0 Å². The van der Waals surface area contributed by atoms with Crippen LogP contribution in [-0.4, -0.2) is 7.11 Å². The van der Waals surface area contributed by atoms with E-state index in [1.165, 1.54) is 6.07 Å². The fraction of sp³-hybridized carbons (Fsp3) is 0.200. The summed E-state index contributed by atoms with van der Waals surface area (Å²) in [5.74, 6) is 5.77. The lowest BCUT2D eigenvalue weighted by molar-refractivity contribution is 0.403. The van der Waals surface area contributed by atoms with E-state index >= 15 is 0 Å². The molecular weight excluding hydrogens is 279 g/mol. The Morgan fingerprint density at radius 3 is 2.65 bits per heavy atom. The quantitative estimate of drug-likeness (QED) is 0.671. The van der Waals surface area contributed by atoms with Crippen LogP contribution in [-0.2, 0) is 0 Å². The van der Waals surface area contributed by atoms with E-state index in [4.69, 9.17) is 22.2 Å². The molecule has 0 spiro atoms. The van der Waals surface area contributed by atoms with Crippen LogP contribution in [0.1, 0.15) is 22.7 Å². The van der Waals surface area contributed by atoms with E-state index in [9.17, 15) is 4.39 Å². The summed E-state index contributed by atoms with van der Waals surface area (Å²) in [6.07, 6.45) is 0. The first kappa shape index (κ1) is 14.8. The van der Waals surface area contributed by atoms with Crippen molar-refractivity contribution in [3.05, 3.63) is 63.9 Å². The Morgan fingerprint density at radius 2 is 2.00 bits per heavy atom. The number of benzene rings is 2. The Hall–Kier alpha value is -1.62. The molecule has 1 atom stereocenters. The maximum Gasteiger partial charge on any atom is 0.146 e. The second kappa shape index (κ2) is 6.22. The van der Waals surface area contributed by atoms with Gasteiger partial charge in [-0.15, -0.1) is 0 Å². The van der Waals surface area contributed by atoms with Gasteiger partial charge in [0.1, 0.15) is 11.6 Å². The van der Waals surface area contributed by atoms with Gasteiger partial charge in [0.05, 0.1) is 18.2 Å². The summed E-state index contributed by atoms with van der Waals surface area (Å²) >= 11 is 5.83. The number of hydrazine groups is 1. The number of hydrogen-bond donors (Lipinski definition) is 2. The summed E-state index contributed by atoms with van der Waals surface area (Å²) in [5, 5.41) is 0.0642. The Kier molecular flexibility index (Phi) is 4.60. The van der Waals surface area contributed by atoms with Crippen LogP contribution in [0.25, 0.3) is 0 Å². The van der Waals surface area contributed by atoms with Crippen molar-refractivity contribution in [1.82, 2.24) is 5.43 Å². The molecule has 0 radical (unpaired) electrons. The lowest BCUT2D eigenvalue weighted by Crippen LogP contribution is -2.30. The number of halogens is 2. The lowest BCUT2D eigenvalue weighted by atomic mass is 9.96. The lowest BCUT2D eigenvalue weighted by Gasteiger charge is -2.21. The van der Waals surface area contributed by atoms with Crippen molar-refractivity contribution in [2.24, 2.45) is 5.84 Å². The van der Waals surface area contributed by atoms with Gasteiger partial charge >= 0.3 is 0 Å². The highest BCUT2D eigenvalue weighted by atomic mass is 35.5. The first-order chi connectivity index (χ1) is 9.58. The number of ether oxygens (including phenoxy) is 1. The van der Waals surface area contributed by atoms with Gasteiger partial charge in [0.15, 0.2) is 0 Å². The second-order valence-corrected chi connectivity index (χ2v) is 4.90. The van der Waals surface area contributed by atoms with Crippen LogP contribution in [0.2, 0.25) is 5.02 Å². The number of hydrogen-bond acceptors (Lipinski definition) is 3. The Labute approximate surface area is 122 Å². The van der Waals surface area contributed by atoms with Crippen LogP contribution in [0, 0.1) is 12.7 Å². The SMILES string of the molecule is COc1ccc(C)cc1C(NN)c1cccc(Cl)c1F. The molecule has 0 saturated carbocycles. The molecule has 0 fully saturated rings. The highest BCUT2D eigenvalue weighted by molar-refractivity contribution is 6.30. The molecule has 2 aromatic rings. The third-order valence-electron chi connectivity index (χ3n) is 3.16. The van der Waals surface area contributed by atoms with Crippen molar-refractivity contribution in [2.75, 3.05) is 7.11 Å². The summed E-state index contributed by atoms with van der Waals surface area (Å²) < 4.78 is 19.5. The fourth-order valence-corrected chi connectivity index (χ4v) is 2.35. The molecule has 0 aromatic heterocycles. The molecular formula is C15H16ClFN2O. The minimum Gasteiger partial charge on any atom is -0.496 e. The van der Waals surface area contributed by atoms with E-state index in [1.54, 1.807) is 19.2 Å². The minimum absolute atomic E-state index is 0.0642. The molecule has 1 unspecified atom stereocenters. The molecule has 20 heavy (non-hydrogen) atoms. The predicted octanol–water partition coefficient (Wildman–Crippen LogP) is 3.35. The molecule has 0 bridgehead atoms. The molecule has 0 amide bonds. The van der Waals surface area contributed by atoms with E-state index in [2.05, 4.69) is 5.43 Å². The Balaban J connectivity index is 2.58. The van der Waals surface area contributed by atoms with Crippen molar-refractivity contribution < 1.29 is 9.13 Å². The highest BCUT2D eigenvalue weighted by Gasteiger charge is 2.21. The molecule has 5 heteroatoms. The number of aryl methyl sites for hydroxylation is 1. The summed E-state index contributed by atoms with van der Waals surface area (Å²) in [6.45, 7) is 1.95. The average Bonchev–Trinajstić information content (AvgIpc) is 2.44. The fourth-order valence-electron chi connectivity index (χ4n) is 2.17. The van der Waals surface area contributed by atoms with Crippen LogP contribution < -0.4 is 16.0 Å². The third kappa shape index (κ3) is 2.77. The molecule has 0 aliphatic heterocycles. The van der Waals surface area contributed by atoms with Crippen LogP contribution in [0.15, 0.2) is 36.4 Å². The number of nitrogens with one attached hydrogen (secondary N) is 1. The summed E-state index contributed by atoms with van der Waals surface area (Å²) in [6, 6.07) is 9.96. The third-order valence-corrected chi connectivity index (χ3v) is 3.45. The monoisotopic (exact) mass is 294 g/mol. The van der Waals surface area contributed by atoms with Gasteiger partial charge < -0.3 is 4.74 Å². The molecule has 0 heterocycles. The maximum atomic E-state index is 14.2.